The van der Waals surface area contributed by atoms with Gasteiger partial charge in [0.25, 0.3) is 5.91 Å². The van der Waals surface area contributed by atoms with Gasteiger partial charge in [-0.25, -0.2) is 0 Å². The Bertz CT molecular complexity index is 780. The molecule has 0 saturated carbocycles. The van der Waals surface area contributed by atoms with Crippen LogP contribution in [0.5, 0.6) is 0 Å². The number of halogens is 1. The van der Waals surface area contributed by atoms with Crippen molar-refractivity contribution in [1.29, 1.82) is 0 Å². The van der Waals surface area contributed by atoms with Crippen LogP contribution in [0.3, 0.4) is 0 Å². The Labute approximate surface area is 145 Å². The highest BCUT2D eigenvalue weighted by molar-refractivity contribution is 6.30. The fraction of sp³-hybridized carbons (Fsp3) is 0.278. The number of amides is 2. The molecule has 0 fully saturated rings. The van der Waals surface area contributed by atoms with E-state index in [1.54, 1.807) is 36.4 Å². The van der Waals surface area contributed by atoms with Crippen LogP contribution in [0.4, 0.5) is 0 Å². The Kier molecular flexibility index (Phi) is 4.81. The Hall–Kier alpha value is -2.40. The first-order chi connectivity index (χ1) is 11.6. The summed E-state index contributed by atoms with van der Waals surface area (Å²) in [4.78, 5) is 30.3. The molecule has 0 atom stereocenters. The standard InChI is InChI=1S/C18H18ClN3O2/c1-2-17(23)21-14-5-7-20-11-15(10-14)22-8-6-12-9-13(19)3-4-16(12)18(22)24/h3-4,7,9-11H,2,5-6,8H2,1H3,(H,21,23). The van der Waals surface area contributed by atoms with Crippen molar-refractivity contribution in [2.24, 2.45) is 4.99 Å². The van der Waals surface area contributed by atoms with Crippen LogP contribution < -0.4 is 5.32 Å². The predicted molar refractivity (Wildman–Crippen MR) is 93.9 cm³/mol. The third-order valence-corrected chi connectivity index (χ3v) is 4.26. The summed E-state index contributed by atoms with van der Waals surface area (Å²) < 4.78 is 0. The molecule has 5 nitrogen and oxygen atoms in total. The van der Waals surface area contributed by atoms with Gasteiger partial charge in [0, 0.05) is 41.9 Å². The van der Waals surface area contributed by atoms with Crippen LogP contribution in [-0.2, 0) is 11.2 Å². The number of carbonyl (C=O) groups excluding carboxylic acids is 2. The number of hydrogen-bond acceptors (Lipinski definition) is 3. The molecule has 0 aromatic heterocycles. The summed E-state index contributed by atoms with van der Waals surface area (Å²) in [5, 5.41) is 3.49. The highest BCUT2D eigenvalue weighted by atomic mass is 35.5. The number of allylic oxidation sites excluding steroid dienone is 2. The van der Waals surface area contributed by atoms with Gasteiger partial charge in [-0.3, -0.25) is 14.6 Å². The average Bonchev–Trinajstić information content (AvgIpc) is 2.80. The lowest BCUT2D eigenvalue weighted by molar-refractivity contribution is -0.120. The molecule has 1 aromatic carbocycles. The van der Waals surface area contributed by atoms with Crippen molar-refractivity contribution < 1.29 is 9.59 Å². The van der Waals surface area contributed by atoms with E-state index >= 15 is 0 Å². The molecule has 2 heterocycles. The van der Waals surface area contributed by atoms with E-state index < -0.39 is 0 Å². The molecule has 0 aliphatic carbocycles. The van der Waals surface area contributed by atoms with E-state index in [0.717, 1.165) is 17.7 Å². The fourth-order valence-corrected chi connectivity index (χ4v) is 2.96. The topological polar surface area (TPSA) is 61.8 Å². The zero-order valence-corrected chi connectivity index (χ0v) is 14.1. The van der Waals surface area contributed by atoms with E-state index in [1.807, 2.05) is 12.1 Å². The molecule has 0 saturated heterocycles. The molecular formula is C18H18ClN3O2. The maximum absolute atomic E-state index is 12.8. The Balaban J connectivity index is 1.88. The van der Waals surface area contributed by atoms with Gasteiger partial charge in [-0.15, -0.1) is 0 Å². The van der Waals surface area contributed by atoms with Gasteiger partial charge in [0.2, 0.25) is 5.91 Å². The van der Waals surface area contributed by atoms with E-state index in [4.69, 9.17) is 11.6 Å². The van der Waals surface area contributed by atoms with Crippen LogP contribution >= 0.6 is 11.6 Å². The number of nitrogens with one attached hydrogen (secondary N) is 1. The monoisotopic (exact) mass is 343 g/mol. The second-order valence-corrected chi connectivity index (χ2v) is 6.11. The molecule has 2 aliphatic heterocycles. The molecular weight excluding hydrogens is 326 g/mol. The zero-order valence-electron chi connectivity index (χ0n) is 13.4. The molecule has 3 rings (SSSR count). The largest absolute Gasteiger partial charge is 0.329 e. The quantitative estimate of drug-likeness (QED) is 0.916. The van der Waals surface area contributed by atoms with E-state index in [1.165, 1.54) is 0 Å². The van der Waals surface area contributed by atoms with Gasteiger partial charge in [0.15, 0.2) is 0 Å². The lowest BCUT2D eigenvalue weighted by Crippen LogP contribution is -2.36. The van der Waals surface area contributed by atoms with Gasteiger partial charge in [-0.2, -0.15) is 0 Å². The molecule has 0 radical (unpaired) electrons. The minimum atomic E-state index is -0.0753. The van der Waals surface area contributed by atoms with E-state index in [2.05, 4.69) is 10.3 Å². The molecule has 0 unspecified atom stereocenters. The number of nitrogens with zero attached hydrogens (tertiary/aromatic N) is 2. The third-order valence-electron chi connectivity index (χ3n) is 4.03. The molecule has 0 spiro atoms. The van der Waals surface area contributed by atoms with Crippen LogP contribution in [0.15, 0.2) is 46.9 Å². The van der Waals surface area contributed by atoms with Crippen LogP contribution in [0.2, 0.25) is 5.02 Å². The minimum absolute atomic E-state index is 0.0548. The smallest absolute Gasteiger partial charge is 0.258 e. The van der Waals surface area contributed by atoms with Crippen molar-refractivity contribution in [3.63, 3.8) is 0 Å². The van der Waals surface area contributed by atoms with Crippen molar-refractivity contribution in [2.45, 2.75) is 26.2 Å². The number of hydrogen-bond donors (Lipinski definition) is 1. The average molecular weight is 344 g/mol. The van der Waals surface area contributed by atoms with E-state index in [-0.39, 0.29) is 11.8 Å². The predicted octanol–water partition coefficient (Wildman–Crippen LogP) is 3.06. The summed E-state index contributed by atoms with van der Waals surface area (Å²) in [6.07, 6.45) is 6.86. The summed E-state index contributed by atoms with van der Waals surface area (Å²) in [6.45, 7) is 2.35. The molecule has 1 N–H and O–H groups in total. The Morgan fingerprint density at radius 3 is 3.04 bits per heavy atom. The van der Waals surface area contributed by atoms with Gasteiger partial charge in [-0.1, -0.05) is 18.5 Å². The van der Waals surface area contributed by atoms with Crippen molar-refractivity contribution in [2.75, 3.05) is 6.54 Å². The van der Waals surface area contributed by atoms with Gasteiger partial charge in [-0.05, 0) is 36.3 Å². The maximum atomic E-state index is 12.8. The maximum Gasteiger partial charge on any atom is 0.258 e. The molecule has 0 bridgehead atoms. The molecule has 124 valence electrons. The summed E-state index contributed by atoms with van der Waals surface area (Å²) in [7, 11) is 0. The van der Waals surface area contributed by atoms with E-state index in [0.29, 0.717) is 35.7 Å². The summed E-state index contributed by atoms with van der Waals surface area (Å²) in [5.41, 5.74) is 3.04. The summed E-state index contributed by atoms with van der Waals surface area (Å²) in [6, 6.07) is 5.33. The van der Waals surface area contributed by atoms with Gasteiger partial charge >= 0.3 is 0 Å². The molecule has 24 heavy (non-hydrogen) atoms. The molecule has 6 heteroatoms. The van der Waals surface area contributed by atoms with Crippen LogP contribution in [0, 0.1) is 0 Å². The summed E-state index contributed by atoms with van der Waals surface area (Å²) >= 11 is 6.01. The SMILES string of the molecule is CCC(=O)NC1=CC(N2CCc3cc(Cl)ccc3C2=O)=CN=CC1. The third kappa shape index (κ3) is 3.41. The second-order valence-electron chi connectivity index (χ2n) is 5.67. The zero-order chi connectivity index (χ0) is 17.1. The van der Waals surface area contributed by atoms with Crippen LogP contribution in [0.25, 0.3) is 0 Å². The lowest BCUT2D eigenvalue weighted by atomic mass is 9.98. The van der Waals surface area contributed by atoms with Crippen molar-refractivity contribution in [1.82, 2.24) is 10.2 Å². The lowest BCUT2D eigenvalue weighted by Gasteiger charge is -2.29. The Morgan fingerprint density at radius 1 is 1.42 bits per heavy atom. The Morgan fingerprint density at radius 2 is 2.25 bits per heavy atom. The molecule has 2 aliphatic rings. The van der Waals surface area contributed by atoms with Crippen LogP contribution in [-0.4, -0.2) is 29.5 Å². The normalized spacial score (nSPS) is 16.9. The molecule has 1 aromatic rings. The first-order valence-corrected chi connectivity index (χ1v) is 8.29. The fourth-order valence-electron chi connectivity index (χ4n) is 2.76. The number of rotatable bonds is 3. The summed E-state index contributed by atoms with van der Waals surface area (Å²) in [5.74, 6) is -0.130. The number of benzene rings is 1. The van der Waals surface area contributed by atoms with Gasteiger partial charge in [0.05, 0.1) is 11.9 Å². The van der Waals surface area contributed by atoms with Gasteiger partial charge < -0.3 is 10.2 Å². The highest BCUT2D eigenvalue weighted by Gasteiger charge is 2.26. The van der Waals surface area contributed by atoms with Crippen molar-refractivity contribution in [3.8, 4) is 0 Å². The first-order valence-electron chi connectivity index (χ1n) is 7.91. The van der Waals surface area contributed by atoms with Gasteiger partial charge in [0.1, 0.15) is 0 Å². The highest BCUT2D eigenvalue weighted by Crippen LogP contribution is 2.26. The number of carbonyl (C=O) groups is 2. The van der Waals surface area contributed by atoms with Crippen LogP contribution in [0.1, 0.15) is 35.7 Å². The van der Waals surface area contributed by atoms with Crippen molar-refractivity contribution in [3.05, 3.63) is 58.0 Å². The first kappa shape index (κ1) is 16.5. The van der Waals surface area contributed by atoms with E-state index in [9.17, 15) is 9.59 Å². The number of aliphatic imine (C=N–C) groups is 1. The number of fused-ring (bicyclic) bond motifs is 1. The molecule has 2 amide bonds. The van der Waals surface area contributed by atoms with Crippen molar-refractivity contribution >= 4 is 29.6 Å². The second kappa shape index (κ2) is 7.01. The minimum Gasteiger partial charge on any atom is -0.329 e.